The van der Waals surface area contributed by atoms with Crippen LogP contribution in [0.4, 0.5) is 0 Å². The van der Waals surface area contributed by atoms with Crippen LogP contribution in [0.3, 0.4) is 0 Å². The molecule has 0 aliphatic rings. The molecule has 162 valence electrons. The van der Waals surface area contributed by atoms with E-state index in [0.29, 0.717) is 10.7 Å². The van der Waals surface area contributed by atoms with Gasteiger partial charge in [-0.2, -0.15) is 0 Å². The predicted molar refractivity (Wildman–Crippen MR) is 124 cm³/mol. The van der Waals surface area contributed by atoms with Crippen LogP contribution in [-0.2, 0) is 18.2 Å². The van der Waals surface area contributed by atoms with Crippen molar-refractivity contribution < 1.29 is 4.74 Å². The van der Waals surface area contributed by atoms with E-state index in [1.54, 1.807) is 16.7 Å². The first-order chi connectivity index (χ1) is 14.7. The van der Waals surface area contributed by atoms with Gasteiger partial charge in [-0.1, -0.05) is 44.7 Å². The molecule has 0 saturated carbocycles. The van der Waals surface area contributed by atoms with E-state index in [0.717, 1.165) is 22.4 Å². The van der Waals surface area contributed by atoms with Gasteiger partial charge in [0.2, 0.25) is 0 Å². The Kier molecular flexibility index (Phi) is 5.90. The Bertz CT molecular complexity index is 1250. The van der Waals surface area contributed by atoms with Crippen molar-refractivity contribution >= 4 is 28.1 Å². The van der Waals surface area contributed by atoms with E-state index >= 15 is 0 Å². The van der Waals surface area contributed by atoms with Gasteiger partial charge in [0.15, 0.2) is 22.0 Å². The van der Waals surface area contributed by atoms with Crippen molar-refractivity contribution in [2.45, 2.75) is 50.1 Å². The van der Waals surface area contributed by atoms with E-state index in [1.165, 1.54) is 28.7 Å². The molecule has 1 aromatic carbocycles. The fourth-order valence-corrected chi connectivity index (χ4v) is 4.75. The molecule has 0 aliphatic heterocycles. The number of aromatic nitrogens is 5. The average Bonchev–Trinajstić information content (AvgIpc) is 3.33. The minimum Gasteiger partial charge on any atom is -0.483 e. The van der Waals surface area contributed by atoms with Crippen molar-refractivity contribution in [3.05, 3.63) is 69.3 Å². The molecule has 31 heavy (non-hydrogen) atoms. The molecule has 9 heteroatoms. The lowest BCUT2D eigenvalue weighted by molar-refractivity contribution is 0.211. The molecule has 0 bridgehead atoms. The van der Waals surface area contributed by atoms with Gasteiger partial charge in [-0.15, -0.1) is 21.5 Å². The number of rotatable bonds is 6. The molecule has 3 heterocycles. The minimum atomic E-state index is -0.252. The topological polar surface area (TPSA) is 74.3 Å². The number of ether oxygens (including phenoxy) is 1. The van der Waals surface area contributed by atoms with Gasteiger partial charge in [0.25, 0.3) is 5.56 Å². The van der Waals surface area contributed by atoms with Gasteiger partial charge < -0.3 is 9.30 Å². The molecular weight excluding hydrogens is 430 g/mol. The van der Waals surface area contributed by atoms with Crippen LogP contribution < -0.4 is 10.3 Å². The van der Waals surface area contributed by atoms with E-state index in [9.17, 15) is 4.79 Å². The first-order valence-corrected chi connectivity index (χ1v) is 11.8. The summed E-state index contributed by atoms with van der Waals surface area (Å²) < 4.78 is 9.57. The summed E-state index contributed by atoms with van der Waals surface area (Å²) in [6, 6.07) is 9.75. The molecule has 0 radical (unpaired) electrons. The maximum atomic E-state index is 12.2. The normalized spacial score (nSPS) is 12.9. The molecule has 0 amide bonds. The molecule has 0 aliphatic carbocycles. The summed E-state index contributed by atoms with van der Waals surface area (Å²) in [4.78, 5) is 17.4. The quantitative estimate of drug-likeness (QED) is 0.395. The highest BCUT2D eigenvalue weighted by atomic mass is 32.2. The Hall–Kier alpha value is -2.65. The standard InChI is InChI=1S/C22H25N5O2S2/c1-14(29-17-8-6-15(7-9-17)22(2,3)4)19-24-25-21(26(19)5)31-13-16-12-18(28)27-10-11-30-20(27)23-16/h6-12,14H,13H2,1-5H3. The van der Waals surface area contributed by atoms with Gasteiger partial charge in [0, 0.05) is 30.4 Å². The van der Waals surface area contributed by atoms with Gasteiger partial charge in [0.1, 0.15) is 5.75 Å². The molecule has 4 rings (SSSR count). The minimum absolute atomic E-state index is 0.0694. The number of nitrogens with zero attached hydrogens (tertiary/aromatic N) is 5. The number of hydrogen-bond acceptors (Lipinski definition) is 7. The lowest BCUT2D eigenvalue weighted by Crippen LogP contribution is -2.13. The fraction of sp³-hybridized carbons (Fsp3) is 0.364. The van der Waals surface area contributed by atoms with E-state index in [1.807, 2.05) is 36.1 Å². The molecule has 1 atom stereocenters. The monoisotopic (exact) mass is 455 g/mol. The number of thioether (sulfide) groups is 1. The molecule has 0 spiro atoms. The molecular formula is C22H25N5O2S2. The van der Waals surface area contributed by atoms with Crippen LogP contribution in [0.2, 0.25) is 0 Å². The first kappa shape index (κ1) is 21.6. The van der Waals surface area contributed by atoms with Crippen molar-refractivity contribution in [2.75, 3.05) is 0 Å². The lowest BCUT2D eigenvalue weighted by Gasteiger charge is -2.20. The average molecular weight is 456 g/mol. The van der Waals surface area contributed by atoms with Gasteiger partial charge in [-0.3, -0.25) is 9.20 Å². The van der Waals surface area contributed by atoms with Crippen LogP contribution in [-0.4, -0.2) is 24.1 Å². The number of fused-ring (bicyclic) bond motifs is 1. The van der Waals surface area contributed by atoms with E-state index < -0.39 is 0 Å². The Labute approximate surface area is 189 Å². The van der Waals surface area contributed by atoms with Crippen molar-refractivity contribution in [3.8, 4) is 5.75 Å². The fourth-order valence-electron chi connectivity index (χ4n) is 3.20. The van der Waals surface area contributed by atoms with Crippen LogP contribution >= 0.6 is 23.1 Å². The van der Waals surface area contributed by atoms with E-state index in [2.05, 4.69) is 48.1 Å². The highest BCUT2D eigenvalue weighted by Gasteiger charge is 2.19. The van der Waals surface area contributed by atoms with E-state index in [4.69, 9.17) is 4.74 Å². The number of hydrogen-bond donors (Lipinski definition) is 0. The molecule has 0 fully saturated rings. The third kappa shape index (κ3) is 4.67. The van der Waals surface area contributed by atoms with Crippen LogP contribution in [0.25, 0.3) is 4.96 Å². The lowest BCUT2D eigenvalue weighted by atomic mass is 9.87. The molecule has 0 N–H and O–H groups in total. The Balaban J connectivity index is 1.44. The van der Waals surface area contributed by atoms with Gasteiger partial charge in [-0.25, -0.2) is 4.98 Å². The number of benzene rings is 1. The van der Waals surface area contributed by atoms with Gasteiger partial charge in [-0.05, 0) is 30.0 Å². The second-order valence-corrected chi connectivity index (χ2v) is 10.2. The molecule has 3 aromatic heterocycles. The SMILES string of the molecule is CC(Oc1ccc(C(C)(C)C)cc1)c1nnc(SCc2cc(=O)n3ccsc3n2)n1C. The first-order valence-electron chi connectivity index (χ1n) is 9.97. The highest BCUT2D eigenvalue weighted by Crippen LogP contribution is 2.28. The number of thiazole rings is 1. The second kappa shape index (κ2) is 8.47. The molecule has 1 unspecified atom stereocenters. The maximum absolute atomic E-state index is 12.2. The Morgan fingerprint density at radius 3 is 2.65 bits per heavy atom. The zero-order valence-corrected chi connectivity index (χ0v) is 19.8. The van der Waals surface area contributed by atoms with Crippen LogP contribution in [0.5, 0.6) is 5.75 Å². The molecule has 4 aromatic rings. The summed E-state index contributed by atoms with van der Waals surface area (Å²) in [6.45, 7) is 8.53. The van der Waals surface area contributed by atoms with Crippen LogP contribution in [0.1, 0.15) is 50.9 Å². The third-order valence-corrected chi connectivity index (χ3v) is 6.78. The zero-order chi connectivity index (χ0) is 22.2. The van der Waals surface area contributed by atoms with Crippen LogP contribution in [0.15, 0.2) is 51.9 Å². The van der Waals surface area contributed by atoms with Gasteiger partial charge >= 0.3 is 0 Å². The summed E-state index contributed by atoms with van der Waals surface area (Å²) >= 11 is 2.94. The molecule has 7 nitrogen and oxygen atoms in total. The van der Waals surface area contributed by atoms with Crippen molar-refractivity contribution in [1.82, 2.24) is 24.1 Å². The summed E-state index contributed by atoms with van der Waals surface area (Å²) in [7, 11) is 1.92. The third-order valence-electron chi connectivity index (χ3n) is 4.97. The molecule has 0 saturated heterocycles. The Morgan fingerprint density at radius 1 is 1.19 bits per heavy atom. The largest absolute Gasteiger partial charge is 0.483 e. The van der Waals surface area contributed by atoms with Crippen LogP contribution in [0, 0.1) is 0 Å². The van der Waals surface area contributed by atoms with Gasteiger partial charge in [0.05, 0.1) is 5.69 Å². The van der Waals surface area contributed by atoms with Crippen molar-refractivity contribution in [3.63, 3.8) is 0 Å². The summed E-state index contributed by atoms with van der Waals surface area (Å²) in [5.74, 6) is 2.08. The maximum Gasteiger partial charge on any atom is 0.258 e. The zero-order valence-electron chi connectivity index (χ0n) is 18.2. The summed E-state index contributed by atoms with van der Waals surface area (Å²) in [5.41, 5.74) is 2.03. The second-order valence-electron chi connectivity index (χ2n) is 8.36. The summed E-state index contributed by atoms with van der Waals surface area (Å²) in [6.07, 6.45) is 1.48. The van der Waals surface area contributed by atoms with E-state index in [-0.39, 0.29) is 17.1 Å². The Morgan fingerprint density at radius 2 is 1.94 bits per heavy atom. The van der Waals surface area contributed by atoms with Crippen molar-refractivity contribution in [1.29, 1.82) is 0 Å². The smallest absolute Gasteiger partial charge is 0.258 e. The van der Waals surface area contributed by atoms with Crippen molar-refractivity contribution in [2.24, 2.45) is 7.05 Å². The highest BCUT2D eigenvalue weighted by molar-refractivity contribution is 7.98. The summed E-state index contributed by atoms with van der Waals surface area (Å²) in [5, 5.41) is 11.2. The predicted octanol–water partition coefficient (Wildman–Crippen LogP) is 4.61.